The Labute approximate surface area is 135 Å². The normalized spacial score (nSPS) is 21.0. The molecule has 0 amide bonds. The van der Waals surface area contributed by atoms with Crippen molar-refractivity contribution in [3.05, 3.63) is 45.9 Å². The van der Waals surface area contributed by atoms with E-state index in [0.29, 0.717) is 12.6 Å². The van der Waals surface area contributed by atoms with Crippen molar-refractivity contribution < 1.29 is 0 Å². The lowest BCUT2D eigenvalue weighted by molar-refractivity contribution is 0.214. The van der Waals surface area contributed by atoms with Crippen LogP contribution >= 0.6 is 0 Å². The van der Waals surface area contributed by atoms with Crippen molar-refractivity contribution in [3.8, 4) is 0 Å². The largest absolute Gasteiger partial charge is 0.340 e. The van der Waals surface area contributed by atoms with Gasteiger partial charge in [0.1, 0.15) is 0 Å². The van der Waals surface area contributed by atoms with Crippen molar-refractivity contribution in [3.63, 3.8) is 0 Å². The van der Waals surface area contributed by atoms with Crippen LogP contribution < -0.4 is 5.56 Å². The van der Waals surface area contributed by atoms with Gasteiger partial charge in [0.05, 0.1) is 24.3 Å². The van der Waals surface area contributed by atoms with E-state index in [1.165, 1.54) is 6.42 Å². The lowest BCUT2D eigenvalue weighted by Crippen LogP contribution is -2.37. The van der Waals surface area contributed by atoms with Gasteiger partial charge in [0.25, 0.3) is 5.56 Å². The van der Waals surface area contributed by atoms with Crippen LogP contribution in [0.2, 0.25) is 0 Å². The number of likely N-dealkylation sites (tertiary alicyclic amines) is 1. The van der Waals surface area contributed by atoms with Crippen LogP contribution in [0.5, 0.6) is 0 Å². The predicted octanol–water partition coefficient (Wildman–Crippen LogP) is 1.13. The van der Waals surface area contributed by atoms with E-state index in [0.717, 1.165) is 55.7 Å². The Hall–Kier alpha value is -1.95. The van der Waals surface area contributed by atoms with Crippen LogP contribution in [0.3, 0.4) is 0 Å². The summed E-state index contributed by atoms with van der Waals surface area (Å²) in [5.74, 6) is 0. The van der Waals surface area contributed by atoms with Crippen molar-refractivity contribution in [2.45, 2.75) is 51.2 Å². The molecule has 0 N–H and O–H groups in total. The fraction of sp³-hybridized carbons (Fsp3) is 0.588. The van der Waals surface area contributed by atoms with E-state index in [1.807, 2.05) is 17.9 Å². The van der Waals surface area contributed by atoms with Gasteiger partial charge in [-0.15, -0.1) is 0 Å². The molecule has 0 bridgehead atoms. The molecule has 1 aliphatic carbocycles. The molecule has 0 aromatic carbocycles. The average Bonchev–Trinajstić information content (AvgIpc) is 3.23. The van der Waals surface area contributed by atoms with Gasteiger partial charge in [-0.1, -0.05) is 0 Å². The maximum Gasteiger partial charge on any atom is 0.267 e. The molecule has 4 rings (SSSR count). The van der Waals surface area contributed by atoms with E-state index in [-0.39, 0.29) is 5.56 Å². The summed E-state index contributed by atoms with van der Waals surface area (Å²) in [4.78, 5) is 19.2. The molecule has 2 aromatic rings. The van der Waals surface area contributed by atoms with Crippen LogP contribution in [-0.2, 0) is 33.0 Å². The molecule has 0 spiro atoms. The highest BCUT2D eigenvalue weighted by molar-refractivity contribution is 5.22. The Morgan fingerprint density at radius 1 is 1.30 bits per heavy atom. The van der Waals surface area contributed by atoms with E-state index < -0.39 is 0 Å². The summed E-state index contributed by atoms with van der Waals surface area (Å²) in [6.07, 6.45) is 9.35. The molecule has 122 valence electrons. The van der Waals surface area contributed by atoms with Gasteiger partial charge < -0.3 is 4.57 Å². The smallest absolute Gasteiger partial charge is 0.267 e. The van der Waals surface area contributed by atoms with Crippen LogP contribution in [-0.4, -0.2) is 36.8 Å². The maximum atomic E-state index is 12.3. The van der Waals surface area contributed by atoms with Gasteiger partial charge in [-0.2, -0.15) is 5.10 Å². The Bertz CT molecular complexity index is 763. The molecule has 3 heterocycles. The minimum Gasteiger partial charge on any atom is -0.340 e. The summed E-state index contributed by atoms with van der Waals surface area (Å²) >= 11 is 0. The molecule has 2 aliphatic rings. The van der Waals surface area contributed by atoms with Crippen LogP contribution in [0.25, 0.3) is 0 Å². The number of imidazole rings is 1. The van der Waals surface area contributed by atoms with Gasteiger partial charge in [0.15, 0.2) is 0 Å². The minimum atomic E-state index is 0.0512. The van der Waals surface area contributed by atoms with Crippen molar-refractivity contribution in [2.75, 3.05) is 6.54 Å². The van der Waals surface area contributed by atoms with E-state index in [1.54, 1.807) is 10.7 Å². The van der Waals surface area contributed by atoms with Crippen molar-refractivity contribution in [1.82, 2.24) is 24.2 Å². The van der Waals surface area contributed by atoms with Crippen molar-refractivity contribution >= 4 is 0 Å². The first kappa shape index (κ1) is 14.6. The highest BCUT2D eigenvalue weighted by Gasteiger charge is 2.26. The molecule has 2 aromatic heterocycles. The molecular weight excluding hydrogens is 290 g/mol. The molecule has 0 saturated carbocycles. The van der Waals surface area contributed by atoms with Gasteiger partial charge in [0, 0.05) is 31.9 Å². The van der Waals surface area contributed by atoms with Gasteiger partial charge in [-0.05, 0) is 44.2 Å². The summed E-state index contributed by atoms with van der Waals surface area (Å²) in [7, 11) is 1.99. The monoisotopic (exact) mass is 313 g/mol. The molecule has 6 nitrogen and oxygen atoms in total. The van der Waals surface area contributed by atoms with E-state index in [4.69, 9.17) is 0 Å². The summed E-state index contributed by atoms with van der Waals surface area (Å²) in [5.41, 5.74) is 3.42. The molecule has 0 radical (unpaired) electrons. The van der Waals surface area contributed by atoms with Gasteiger partial charge in [-0.25, -0.2) is 9.67 Å². The third-order valence-corrected chi connectivity index (χ3v) is 5.03. The summed E-state index contributed by atoms with van der Waals surface area (Å²) in [6, 6.07) is 2.18. The highest BCUT2D eigenvalue weighted by atomic mass is 16.1. The number of hydrogen-bond donors (Lipinski definition) is 0. The van der Waals surface area contributed by atoms with Crippen LogP contribution in [0, 0.1) is 0 Å². The zero-order valence-corrected chi connectivity index (χ0v) is 13.6. The molecule has 1 aliphatic heterocycles. The first-order valence-electron chi connectivity index (χ1n) is 8.50. The zero-order chi connectivity index (χ0) is 15.8. The van der Waals surface area contributed by atoms with Crippen molar-refractivity contribution in [2.24, 2.45) is 7.05 Å². The molecular formula is C17H23N5O. The first-order chi connectivity index (χ1) is 11.2. The second-order valence-electron chi connectivity index (χ2n) is 6.79. The van der Waals surface area contributed by atoms with Crippen molar-refractivity contribution in [1.29, 1.82) is 0 Å². The average molecular weight is 313 g/mol. The molecule has 6 heteroatoms. The third kappa shape index (κ3) is 2.95. The number of rotatable bonds is 4. The molecule has 1 saturated heterocycles. The molecule has 1 fully saturated rings. The van der Waals surface area contributed by atoms with Gasteiger partial charge in [0.2, 0.25) is 0 Å². The molecule has 1 unspecified atom stereocenters. The quantitative estimate of drug-likeness (QED) is 0.849. The number of hydrogen-bond acceptors (Lipinski definition) is 4. The Morgan fingerprint density at radius 2 is 2.22 bits per heavy atom. The first-order valence-corrected chi connectivity index (χ1v) is 8.50. The lowest BCUT2D eigenvalue weighted by Gasteiger charge is -2.24. The highest BCUT2D eigenvalue weighted by Crippen LogP contribution is 2.21. The van der Waals surface area contributed by atoms with Crippen LogP contribution in [0.1, 0.15) is 36.2 Å². The number of aromatic nitrogens is 4. The molecule has 1 atom stereocenters. The minimum absolute atomic E-state index is 0.0512. The fourth-order valence-corrected chi connectivity index (χ4v) is 3.84. The predicted molar refractivity (Wildman–Crippen MR) is 87.2 cm³/mol. The molecule has 23 heavy (non-hydrogen) atoms. The SMILES string of the molecule is Cn1cnc(CN2CCCC2Cn2nc3c(cc2=O)CCC3)c1. The zero-order valence-electron chi connectivity index (χ0n) is 13.6. The Kier molecular flexibility index (Phi) is 3.77. The number of aryl methyl sites for hydroxylation is 3. The summed E-state index contributed by atoms with van der Waals surface area (Å²) in [6.45, 7) is 2.62. The Morgan fingerprint density at radius 3 is 3.04 bits per heavy atom. The van der Waals surface area contributed by atoms with E-state index in [9.17, 15) is 4.79 Å². The van der Waals surface area contributed by atoms with Crippen LogP contribution in [0.4, 0.5) is 0 Å². The summed E-state index contributed by atoms with van der Waals surface area (Å²) < 4.78 is 3.67. The second kappa shape index (κ2) is 5.92. The van der Waals surface area contributed by atoms with E-state index in [2.05, 4.69) is 21.2 Å². The number of nitrogens with zero attached hydrogens (tertiary/aromatic N) is 5. The van der Waals surface area contributed by atoms with Gasteiger partial charge >= 0.3 is 0 Å². The fourth-order valence-electron chi connectivity index (χ4n) is 3.84. The number of fused-ring (bicyclic) bond motifs is 1. The Balaban J connectivity index is 1.50. The van der Waals surface area contributed by atoms with E-state index >= 15 is 0 Å². The standard InChI is InChI=1S/C17H23N5O/c1-20-9-14(18-12-20)10-21-7-3-5-15(21)11-22-17(23)8-13-4-2-6-16(13)19-22/h8-9,12,15H,2-7,10-11H2,1H3. The second-order valence-corrected chi connectivity index (χ2v) is 6.79. The third-order valence-electron chi connectivity index (χ3n) is 5.03. The maximum absolute atomic E-state index is 12.3. The van der Waals surface area contributed by atoms with Crippen LogP contribution in [0.15, 0.2) is 23.4 Å². The summed E-state index contributed by atoms with van der Waals surface area (Å²) in [5, 5.41) is 4.62. The van der Waals surface area contributed by atoms with Gasteiger partial charge in [-0.3, -0.25) is 9.69 Å². The topological polar surface area (TPSA) is 56.0 Å². The lowest BCUT2D eigenvalue weighted by atomic mass is 10.2.